The molecule has 12 heavy (non-hydrogen) atoms. The number of unbranched alkanes of at least 4 members (excludes halogenated alkanes) is 9. The van der Waals surface area contributed by atoms with Crippen LogP contribution < -0.4 is 0 Å². The summed E-state index contributed by atoms with van der Waals surface area (Å²) in [6, 6.07) is 0. The summed E-state index contributed by atoms with van der Waals surface area (Å²) in [7, 11) is 0. The molecule has 0 nitrogen and oxygen atoms in total. The van der Waals surface area contributed by atoms with E-state index in [1.807, 2.05) is 0 Å². The molecule has 0 saturated heterocycles. The summed E-state index contributed by atoms with van der Waals surface area (Å²) in [4.78, 5) is 0. The van der Waals surface area contributed by atoms with Gasteiger partial charge in [0.25, 0.3) is 0 Å². The zero-order valence-electron chi connectivity index (χ0n) is 8.81. The molecule has 72 valence electrons. The first-order valence-corrected chi connectivity index (χ1v) is 5.51. The highest BCUT2D eigenvalue weighted by atomic mass is 14.0. The highest BCUT2D eigenvalue weighted by Gasteiger charge is 1.90. The van der Waals surface area contributed by atoms with Crippen LogP contribution in [0.4, 0.5) is 0 Å². The van der Waals surface area contributed by atoms with Gasteiger partial charge in [-0.1, -0.05) is 58.8 Å². The van der Waals surface area contributed by atoms with Crippen molar-refractivity contribution in [3.8, 4) is 0 Å². The van der Waals surface area contributed by atoms with E-state index in [1.54, 1.807) is 0 Å². The van der Waals surface area contributed by atoms with E-state index in [0.29, 0.717) is 0 Å². The molecule has 0 unspecified atom stereocenters. The van der Waals surface area contributed by atoms with Crippen LogP contribution in [0, 0.1) is 12.8 Å². The highest BCUT2D eigenvalue weighted by molar-refractivity contribution is 4.71. The summed E-state index contributed by atoms with van der Waals surface area (Å²) < 4.78 is 0. The molecule has 0 aliphatic heterocycles. The molecule has 0 bridgehead atoms. The van der Waals surface area contributed by atoms with E-state index >= 15 is 0 Å². The molecular weight excluding hydrogens is 144 g/mol. The van der Waals surface area contributed by atoms with Gasteiger partial charge in [-0.3, -0.25) is 0 Å². The van der Waals surface area contributed by atoms with Crippen LogP contribution in [0.3, 0.4) is 0 Å². The Balaban J connectivity index is 2.73. The third-order valence-electron chi connectivity index (χ3n) is 2.16. The Hall–Kier alpha value is 0. The molecule has 0 saturated carbocycles. The molecule has 2 radical (unpaired) electrons. The van der Waals surface area contributed by atoms with Crippen molar-refractivity contribution in [1.29, 1.82) is 0 Å². The van der Waals surface area contributed by atoms with Crippen LogP contribution in [0.25, 0.3) is 0 Å². The van der Waals surface area contributed by atoms with Gasteiger partial charge in [-0.15, -0.1) is 0 Å². The van der Waals surface area contributed by atoms with Crippen molar-refractivity contribution in [1.82, 2.24) is 0 Å². The highest BCUT2D eigenvalue weighted by Crippen LogP contribution is 2.09. The van der Waals surface area contributed by atoms with E-state index in [4.69, 9.17) is 0 Å². The van der Waals surface area contributed by atoms with Gasteiger partial charge in [0.1, 0.15) is 0 Å². The predicted octanol–water partition coefficient (Wildman–Crippen LogP) is 4.56. The van der Waals surface area contributed by atoms with Crippen molar-refractivity contribution in [2.24, 2.45) is 0 Å². The molecule has 0 fully saturated rings. The standard InChI is InChI=1S/C12H24/c1-3-5-7-9-11-12-10-8-6-4-2/h3,7H,4-6,8-12H2,1-2H3. The van der Waals surface area contributed by atoms with Crippen LogP contribution in [0.1, 0.15) is 65.2 Å². The third-order valence-corrected chi connectivity index (χ3v) is 2.16. The van der Waals surface area contributed by atoms with Crippen molar-refractivity contribution >= 4 is 0 Å². The first-order valence-electron chi connectivity index (χ1n) is 5.51. The fourth-order valence-electron chi connectivity index (χ4n) is 1.35. The molecule has 0 atom stereocenters. The quantitative estimate of drug-likeness (QED) is 0.443. The Kier molecular flexibility index (Phi) is 11.0. The Morgan fingerprint density at radius 3 is 2.25 bits per heavy atom. The summed E-state index contributed by atoms with van der Waals surface area (Å²) in [5.74, 6) is 0. The van der Waals surface area contributed by atoms with E-state index < -0.39 is 0 Å². The van der Waals surface area contributed by atoms with Gasteiger partial charge in [-0.2, -0.15) is 0 Å². The average molecular weight is 168 g/mol. The SMILES string of the molecule is C[CH]C[CH]CCCCCCCC. The fourth-order valence-corrected chi connectivity index (χ4v) is 1.35. The van der Waals surface area contributed by atoms with Crippen molar-refractivity contribution in [2.45, 2.75) is 65.2 Å². The van der Waals surface area contributed by atoms with Crippen LogP contribution in [-0.2, 0) is 0 Å². The average Bonchev–Trinajstić information content (AvgIpc) is 2.10. The molecule has 0 rings (SSSR count). The van der Waals surface area contributed by atoms with Crippen molar-refractivity contribution in [2.75, 3.05) is 0 Å². The molecule has 0 spiro atoms. The first-order chi connectivity index (χ1) is 5.91. The topological polar surface area (TPSA) is 0 Å². The lowest BCUT2D eigenvalue weighted by Gasteiger charge is -1.99. The fraction of sp³-hybridized carbons (Fsp3) is 0.833. The molecule has 0 aromatic rings. The first kappa shape index (κ1) is 12.0. The lowest BCUT2D eigenvalue weighted by molar-refractivity contribution is 0.603. The second kappa shape index (κ2) is 11.0. The molecule has 0 N–H and O–H groups in total. The van der Waals surface area contributed by atoms with Gasteiger partial charge in [0, 0.05) is 0 Å². The lowest BCUT2D eigenvalue weighted by Crippen LogP contribution is -1.81. The largest absolute Gasteiger partial charge is 0.0654 e. The molecule has 0 aromatic carbocycles. The second-order valence-electron chi connectivity index (χ2n) is 3.49. The van der Waals surface area contributed by atoms with Crippen LogP contribution in [0.2, 0.25) is 0 Å². The molecule has 0 aliphatic rings. The van der Waals surface area contributed by atoms with E-state index in [9.17, 15) is 0 Å². The molecule has 0 amide bonds. The maximum Gasteiger partial charge on any atom is -0.0383 e. The predicted molar refractivity (Wildman–Crippen MR) is 56.9 cm³/mol. The van der Waals surface area contributed by atoms with Gasteiger partial charge in [0.2, 0.25) is 0 Å². The monoisotopic (exact) mass is 168 g/mol. The number of hydrogen-bond donors (Lipinski definition) is 0. The van der Waals surface area contributed by atoms with E-state index in [2.05, 4.69) is 26.7 Å². The minimum Gasteiger partial charge on any atom is -0.0654 e. The van der Waals surface area contributed by atoms with Gasteiger partial charge in [0.05, 0.1) is 0 Å². The lowest BCUT2D eigenvalue weighted by atomic mass is 10.1. The van der Waals surface area contributed by atoms with Gasteiger partial charge >= 0.3 is 0 Å². The van der Waals surface area contributed by atoms with Crippen molar-refractivity contribution in [3.63, 3.8) is 0 Å². The van der Waals surface area contributed by atoms with Crippen molar-refractivity contribution in [3.05, 3.63) is 12.8 Å². The van der Waals surface area contributed by atoms with Gasteiger partial charge in [0.15, 0.2) is 0 Å². The summed E-state index contributed by atoms with van der Waals surface area (Å²) >= 11 is 0. The minimum absolute atomic E-state index is 1.19. The zero-order valence-corrected chi connectivity index (χ0v) is 8.81. The zero-order chi connectivity index (χ0) is 9.07. The maximum absolute atomic E-state index is 2.39. The van der Waals surface area contributed by atoms with Gasteiger partial charge in [-0.05, 0) is 19.3 Å². The maximum atomic E-state index is 2.39. The Bertz CT molecular complexity index is 56.4. The third kappa shape index (κ3) is 10.0. The van der Waals surface area contributed by atoms with E-state index in [0.717, 1.165) is 0 Å². The summed E-state index contributed by atoms with van der Waals surface area (Å²) in [5.41, 5.74) is 0. The Morgan fingerprint density at radius 1 is 0.917 bits per heavy atom. The molecule has 0 aliphatic carbocycles. The van der Waals surface area contributed by atoms with Crippen molar-refractivity contribution < 1.29 is 0 Å². The van der Waals surface area contributed by atoms with Crippen LogP contribution in [0.5, 0.6) is 0 Å². The smallest absolute Gasteiger partial charge is 0.0383 e. The number of hydrogen-bond acceptors (Lipinski definition) is 0. The second-order valence-corrected chi connectivity index (χ2v) is 3.49. The van der Waals surface area contributed by atoms with Gasteiger partial charge < -0.3 is 0 Å². The summed E-state index contributed by atoms with van der Waals surface area (Å²) in [5, 5.41) is 0. The van der Waals surface area contributed by atoms with E-state index in [1.165, 1.54) is 51.4 Å². The normalized spacial score (nSPS) is 10.5. The van der Waals surface area contributed by atoms with E-state index in [-0.39, 0.29) is 0 Å². The van der Waals surface area contributed by atoms with Crippen LogP contribution >= 0.6 is 0 Å². The Labute approximate surface area is 78.8 Å². The molecule has 0 heteroatoms. The van der Waals surface area contributed by atoms with Crippen LogP contribution in [-0.4, -0.2) is 0 Å². The number of rotatable bonds is 9. The molecule has 0 aromatic heterocycles. The molecular formula is C12H24. The minimum atomic E-state index is 1.19. The van der Waals surface area contributed by atoms with Crippen LogP contribution in [0.15, 0.2) is 0 Å². The Morgan fingerprint density at radius 2 is 1.58 bits per heavy atom. The summed E-state index contributed by atoms with van der Waals surface area (Å²) in [6.45, 7) is 4.39. The molecule has 0 heterocycles. The summed E-state index contributed by atoms with van der Waals surface area (Å²) in [6.07, 6.45) is 15.6. The van der Waals surface area contributed by atoms with Gasteiger partial charge in [-0.25, -0.2) is 0 Å².